The number of aliphatic hydroxyl groups excluding tert-OH is 1. The summed E-state index contributed by atoms with van der Waals surface area (Å²) in [5.41, 5.74) is 1.11. The van der Waals surface area contributed by atoms with E-state index in [1.165, 1.54) is 0 Å². The van der Waals surface area contributed by atoms with Gasteiger partial charge in [0, 0.05) is 24.6 Å². The Kier molecular flexibility index (Phi) is 6.68. The lowest BCUT2D eigenvalue weighted by atomic mass is 9.84. The van der Waals surface area contributed by atoms with Crippen LogP contribution in [0.3, 0.4) is 0 Å². The van der Waals surface area contributed by atoms with E-state index in [1.807, 2.05) is 24.3 Å². The number of methoxy groups -OCH3 is 1. The summed E-state index contributed by atoms with van der Waals surface area (Å²) in [4.78, 5) is 12.2. The number of carbonyl (C=O) groups is 1. The Morgan fingerprint density at radius 1 is 1.41 bits per heavy atom. The zero-order chi connectivity index (χ0) is 15.9. The molecule has 0 saturated heterocycles. The van der Waals surface area contributed by atoms with Gasteiger partial charge in [0.15, 0.2) is 0 Å². The molecule has 0 radical (unpaired) electrons. The number of rotatable bonds is 6. The van der Waals surface area contributed by atoms with Gasteiger partial charge in [0.1, 0.15) is 0 Å². The maximum atomic E-state index is 12.2. The summed E-state index contributed by atoms with van der Waals surface area (Å²) >= 11 is 6.11. The summed E-state index contributed by atoms with van der Waals surface area (Å²) in [7, 11) is 1.58. The van der Waals surface area contributed by atoms with E-state index in [1.54, 1.807) is 7.11 Å². The molecule has 4 nitrogen and oxygen atoms in total. The van der Waals surface area contributed by atoms with E-state index in [4.69, 9.17) is 16.3 Å². The molecular weight excluding hydrogens is 302 g/mol. The normalized spacial score (nSPS) is 25.0. The van der Waals surface area contributed by atoms with Gasteiger partial charge in [-0.05, 0) is 43.7 Å². The van der Waals surface area contributed by atoms with Crippen molar-refractivity contribution in [2.24, 2.45) is 5.92 Å². The number of hydrogen-bond donors (Lipinski definition) is 2. The molecule has 1 saturated carbocycles. The first-order valence-electron chi connectivity index (χ1n) is 7.83. The third-order valence-electron chi connectivity index (χ3n) is 4.31. The van der Waals surface area contributed by atoms with Crippen LogP contribution in [0.5, 0.6) is 0 Å². The minimum absolute atomic E-state index is 0.0614. The smallest absolute Gasteiger partial charge is 0.223 e. The number of aliphatic hydroxyl groups is 1. The molecule has 22 heavy (non-hydrogen) atoms. The average Bonchev–Trinajstić information content (AvgIpc) is 2.53. The maximum absolute atomic E-state index is 12.2. The van der Waals surface area contributed by atoms with Crippen LogP contribution in [0.15, 0.2) is 24.3 Å². The van der Waals surface area contributed by atoms with Gasteiger partial charge >= 0.3 is 0 Å². The molecule has 1 aromatic rings. The van der Waals surface area contributed by atoms with E-state index < -0.39 is 6.10 Å². The van der Waals surface area contributed by atoms with E-state index in [0.29, 0.717) is 19.4 Å². The summed E-state index contributed by atoms with van der Waals surface area (Å²) in [6.45, 7) is 0.640. The number of amides is 1. The SMILES string of the molecule is CO[C@@H]1C[C@H](C(=O)NCCCc2ccccc2Cl)CC[C@@H]1O. The zero-order valence-corrected chi connectivity index (χ0v) is 13.7. The molecule has 0 heterocycles. The third-order valence-corrected chi connectivity index (χ3v) is 4.68. The van der Waals surface area contributed by atoms with Crippen molar-refractivity contribution in [1.29, 1.82) is 0 Å². The number of hydrogen-bond acceptors (Lipinski definition) is 3. The molecule has 1 amide bonds. The standard InChI is InChI=1S/C17H24ClNO3/c1-22-16-11-13(8-9-15(16)20)17(21)19-10-4-6-12-5-2-3-7-14(12)18/h2-3,5,7,13,15-16,20H,4,6,8-11H2,1H3,(H,19,21)/t13-,15+,16-/m1/s1. The van der Waals surface area contributed by atoms with Crippen molar-refractivity contribution in [2.75, 3.05) is 13.7 Å². The number of halogens is 1. The molecule has 1 aromatic carbocycles. The highest BCUT2D eigenvalue weighted by molar-refractivity contribution is 6.31. The van der Waals surface area contributed by atoms with Crippen molar-refractivity contribution < 1.29 is 14.6 Å². The van der Waals surface area contributed by atoms with Gasteiger partial charge in [0.05, 0.1) is 12.2 Å². The van der Waals surface area contributed by atoms with Crippen LogP contribution >= 0.6 is 11.6 Å². The van der Waals surface area contributed by atoms with Crippen LogP contribution in [0.4, 0.5) is 0 Å². The monoisotopic (exact) mass is 325 g/mol. The Hall–Kier alpha value is -1.10. The third kappa shape index (κ3) is 4.70. The average molecular weight is 326 g/mol. The molecule has 1 aliphatic rings. The minimum Gasteiger partial charge on any atom is -0.390 e. The first-order valence-corrected chi connectivity index (χ1v) is 8.21. The highest BCUT2D eigenvalue weighted by Gasteiger charge is 2.32. The summed E-state index contributed by atoms with van der Waals surface area (Å²) < 4.78 is 5.24. The number of nitrogens with one attached hydrogen (secondary N) is 1. The molecule has 0 bridgehead atoms. The maximum Gasteiger partial charge on any atom is 0.223 e. The Bertz CT molecular complexity index is 495. The number of ether oxygens (including phenoxy) is 1. The Labute approximate surface area is 136 Å². The van der Waals surface area contributed by atoms with E-state index in [0.717, 1.165) is 29.8 Å². The molecular formula is C17H24ClNO3. The van der Waals surface area contributed by atoms with Gasteiger partial charge < -0.3 is 15.2 Å². The molecule has 0 spiro atoms. The number of benzene rings is 1. The Morgan fingerprint density at radius 3 is 2.91 bits per heavy atom. The predicted molar refractivity (Wildman–Crippen MR) is 86.9 cm³/mol. The summed E-state index contributed by atoms with van der Waals surface area (Å²) in [5, 5.41) is 13.5. The molecule has 0 aliphatic heterocycles. The molecule has 3 atom stereocenters. The molecule has 2 rings (SSSR count). The summed E-state index contributed by atoms with van der Waals surface area (Å²) in [6, 6.07) is 7.78. The van der Waals surface area contributed by atoms with Crippen LogP contribution in [-0.2, 0) is 16.0 Å². The fourth-order valence-corrected chi connectivity index (χ4v) is 3.17. The summed E-state index contributed by atoms with van der Waals surface area (Å²) in [6.07, 6.45) is 2.96. The van der Waals surface area contributed by atoms with Crippen LogP contribution in [0.25, 0.3) is 0 Å². The number of carbonyl (C=O) groups excluding carboxylic acids is 1. The van der Waals surface area contributed by atoms with Gasteiger partial charge in [-0.1, -0.05) is 29.8 Å². The van der Waals surface area contributed by atoms with E-state index in [2.05, 4.69) is 5.32 Å². The Morgan fingerprint density at radius 2 is 2.18 bits per heavy atom. The molecule has 0 unspecified atom stereocenters. The number of aryl methyl sites for hydroxylation is 1. The van der Waals surface area contributed by atoms with Crippen molar-refractivity contribution in [2.45, 2.75) is 44.3 Å². The van der Waals surface area contributed by atoms with E-state index in [-0.39, 0.29) is 17.9 Å². The molecule has 2 N–H and O–H groups in total. The lowest BCUT2D eigenvalue weighted by Gasteiger charge is -2.31. The lowest BCUT2D eigenvalue weighted by molar-refractivity contribution is -0.130. The van der Waals surface area contributed by atoms with Crippen molar-refractivity contribution >= 4 is 17.5 Å². The molecule has 1 aliphatic carbocycles. The topological polar surface area (TPSA) is 58.6 Å². The van der Waals surface area contributed by atoms with Gasteiger partial charge in [0.2, 0.25) is 5.91 Å². The van der Waals surface area contributed by atoms with Crippen molar-refractivity contribution in [3.63, 3.8) is 0 Å². The van der Waals surface area contributed by atoms with Gasteiger partial charge in [-0.25, -0.2) is 0 Å². The highest BCUT2D eigenvalue weighted by atomic mass is 35.5. The second-order valence-electron chi connectivity index (χ2n) is 5.84. The van der Waals surface area contributed by atoms with Gasteiger partial charge in [0.25, 0.3) is 0 Å². The quantitative estimate of drug-likeness (QED) is 0.790. The first kappa shape index (κ1) is 17.3. The Balaban J connectivity index is 1.71. The first-order chi connectivity index (χ1) is 10.6. The van der Waals surface area contributed by atoms with Crippen LogP contribution in [-0.4, -0.2) is 36.9 Å². The van der Waals surface area contributed by atoms with E-state index in [9.17, 15) is 9.90 Å². The van der Waals surface area contributed by atoms with Gasteiger partial charge in [-0.2, -0.15) is 0 Å². The summed E-state index contributed by atoms with van der Waals surface area (Å²) in [5.74, 6) is 0.00164. The van der Waals surface area contributed by atoms with Crippen LogP contribution < -0.4 is 5.32 Å². The molecule has 1 fully saturated rings. The lowest BCUT2D eigenvalue weighted by Crippen LogP contribution is -2.41. The van der Waals surface area contributed by atoms with Gasteiger partial charge in [-0.3, -0.25) is 4.79 Å². The fourth-order valence-electron chi connectivity index (χ4n) is 2.94. The molecule has 122 valence electrons. The second kappa shape index (κ2) is 8.51. The van der Waals surface area contributed by atoms with Crippen molar-refractivity contribution in [1.82, 2.24) is 5.32 Å². The fraction of sp³-hybridized carbons (Fsp3) is 0.588. The zero-order valence-electron chi connectivity index (χ0n) is 12.9. The highest BCUT2D eigenvalue weighted by Crippen LogP contribution is 2.26. The molecule has 0 aromatic heterocycles. The van der Waals surface area contributed by atoms with Crippen LogP contribution in [0.1, 0.15) is 31.2 Å². The second-order valence-corrected chi connectivity index (χ2v) is 6.24. The van der Waals surface area contributed by atoms with Crippen molar-refractivity contribution in [3.8, 4) is 0 Å². The largest absolute Gasteiger partial charge is 0.390 e. The van der Waals surface area contributed by atoms with Gasteiger partial charge in [-0.15, -0.1) is 0 Å². The predicted octanol–water partition coefficient (Wildman–Crippen LogP) is 2.56. The van der Waals surface area contributed by atoms with E-state index >= 15 is 0 Å². The van der Waals surface area contributed by atoms with Crippen molar-refractivity contribution in [3.05, 3.63) is 34.9 Å². The molecule has 5 heteroatoms. The van der Waals surface area contributed by atoms with Crippen LogP contribution in [0.2, 0.25) is 5.02 Å². The minimum atomic E-state index is -0.450. The van der Waals surface area contributed by atoms with Crippen LogP contribution in [0, 0.1) is 5.92 Å².